The lowest BCUT2D eigenvalue weighted by atomic mass is 10.0. The molecule has 0 radical (unpaired) electrons. The number of amides is 1. The highest BCUT2D eigenvalue weighted by Crippen LogP contribution is 2.38. The Morgan fingerprint density at radius 3 is 2.52 bits per heavy atom. The van der Waals surface area contributed by atoms with Crippen LogP contribution in [0.5, 0.6) is 0 Å². The van der Waals surface area contributed by atoms with Crippen LogP contribution in [0.25, 0.3) is 10.8 Å². The first-order chi connectivity index (χ1) is 12.7. The van der Waals surface area contributed by atoms with E-state index in [-0.39, 0.29) is 17.4 Å². The van der Waals surface area contributed by atoms with Crippen LogP contribution >= 0.6 is 11.8 Å². The lowest BCUT2D eigenvalue weighted by Gasteiger charge is -2.32. The summed E-state index contributed by atoms with van der Waals surface area (Å²) in [5.41, 5.74) is 0.297. The lowest BCUT2D eigenvalue weighted by molar-refractivity contribution is -0.148. The minimum Gasteiger partial charge on any atom is -0.455 e. The topological polar surface area (TPSA) is 55.8 Å². The molecule has 2 atom stereocenters. The van der Waals surface area contributed by atoms with Crippen molar-refractivity contribution >= 4 is 34.6 Å². The van der Waals surface area contributed by atoms with E-state index in [0.29, 0.717) is 6.54 Å². The predicted octanol–water partition coefficient (Wildman–Crippen LogP) is 4.75. The maximum Gasteiger partial charge on any atom is 0.411 e. The summed E-state index contributed by atoms with van der Waals surface area (Å²) in [5.74, 6) is 0.403. The molecular formula is C21H25NO4S. The zero-order valence-corrected chi connectivity index (χ0v) is 16.9. The molecule has 144 valence electrons. The Kier molecular flexibility index (Phi) is 5.65. The first kappa shape index (κ1) is 19.5. The molecule has 0 N–H and O–H groups in total. The molecule has 6 heteroatoms. The third kappa shape index (κ3) is 4.75. The number of nitrogens with zero attached hydrogens (tertiary/aromatic N) is 1. The quantitative estimate of drug-likeness (QED) is 0.711. The van der Waals surface area contributed by atoms with Crippen LogP contribution in [0, 0.1) is 0 Å². The zero-order valence-electron chi connectivity index (χ0n) is 16.1. The van der Waals surface area contributed by atoms with E-state index in [0.717, 1.165) is 22.1 Å². The molecule has 1 aliphatic rings. The van der Waals surface area contributed by atoms with Crippen LogP contribution in [0.3, 0.4) is 0 Å². The molecule has 1 amide bonds. The summed E-state index contributed by atoms with van der Waals surface area (Å²) in [6.07, 6.45) is -0.928. The van der Waals surface area contributed by atoms with Crippen molar-refractivity contribution in [3.05, 3.63) is 48.0 Å². The van der Waals surface area contributed by atoms with E-state index >= 15 is 0 Å². The molecule has 0 bridgehead atoms. The van der Waals surface area contributed by atoms with E-state index in [1.807, 2.05) is 63.2 Å². The molecule has 1 heterocycles. The van der Waals surface area contributed by atoms with Gasteiger partial charge in [0.25, 0.3) is 0 Å². The minimum atomic E-state index is -0.575. The third-order valence-corrected chi connectivity index (χ3v) is 5.47. The van der Waals surface area contributed by atoms with Crippen LogP contribution in [0.15, 0.2) is 42.5 Å². The third-order valence-electron chi connectivity index (χ3n) is 4.21. The van der Waals surface area contributed by atoms with Gasteiger partial charge in [0.05, 0.1) is 0 Å². The smallest absolute Gasteiger partial charge is 0.411 e. The second-order valence-corrected chi connectivity index (χ2v) is 8.80. The summed E-state index contributed by atoms with van der Waals surface area (Å²) in [5, 5.41) is 1.87. The summed E-state index contributed by atoms with van der Waals surface area (Å²) in [7, 11) is 0. The Morgan fingerprint density at radius 2 is 1.85 bits per heavy atom. The SMILES string of the molecule is CC(=O)O[C@@H](c1ccc2ccccc2c1)[C@H]1SCCN1C(=O)OC(C)(C)C. The van der Waals surface area contributed by atoms with Crippen LogP contribution in [0.2, 0.25) is 0 Å². The van der Waals surface area contributed by atoms with E-state index in [1.54, 1.807) is 16.7 Å². The van der Waals surface area contributed by atoms with Gasteiger partial charge in [-0.25, -0.2) is 4.79 Å². The van der Waals surface area contributed by atoms with E-state index in [9.17, 15) is 9.59 Å². The van der Waals surface area contributed by atoms with Crippen molar-refractivity contribution in [3.63, 3.8) is 0 Å². The number of esters is 1. The summed E-state index contributed by atoms with van der Waals surface area (Å²) >= 11 is 1.60. The Balaban J connectivity index is 1.93. The monoisotopic (exact) mass is 387 g/mol. The standard InChI is InChI=1S/C21H25NO4S/c1-14(23)25-18(17-10-9-15-7-5-6-8-16(15)13-17)19-22(11-12-27-19)20(24)26-21(2,3)4/h5-10,13,18-19H,11-12H2,1-4H3/t18-,19+/m0/s1. The molecule has 0 unspecified atom stereocenters. The van der Waals surface area contributed by atoms with Gasteiger partial charge in [0.15, 0.2) is 6.10 Å². The van der Waals surface area contributed by atoms with E-state index in [1.165, 1.54) is 6.92 Å². The summed E-state index contributed by atoms with van der Waals surface area (Å²) < 4.78 is 11.2. The average molecular weight is 388 g/mol. The van der Waals surface area contributed by atoms with Crippen LogP contribution < -0.4 is 0 Å². The van der Waals surface area contributed by atoms with Crippen LogP contribution in [-0.2, 0) is 14.3 Å². The first-order valence-corrected chi connectivity index (χ1v) is 10.1. The molecule has 3 rings (SSSR count). The molecule has 1 aliphatic heterocycles. The largest absolute Gasteiger partial charge is 0.455 e. The zero-order chi connectivity index (χ0) is 19.6. The summed E-state index contributed by atoms with van der Waals surface area (Å²) in [4.78, 5) is 26.1. The molecular weight excluding hydrogens is 362 g/mol. The number of carbonyl (C=O) groups is 2. The highest BCUT2D eigenvalue weighted by Gasteiger charge is 2.40. The van der Waals surface area contributed by atoms with Crippen molar-refractivity contribution in [1.82, 2.24) is 4.90 Å². The van der Waals surface area contributed by atoms with Crippen LogP contribution in [0.1, 0.15) is 39.4 Å². The van der Waals surface area contributed by atoms with Gasteiger partial charge in [-0.3, -0.25) is 9.69 Å². The highest BCUT2D eigenvalue weighted by molar-refractivity contribution is 8.00. The van der Waals surface area contributed by atoms with Gasteiger partial charge in [0.2, 0.25) is 0 Å². The van der Waals surface area contributed by atoms with Gasteiger partial charge in [0, 0.05) is 19.2 Å². The fourth-order valence-corrected chi connectivity index (χ4v) is 4.41. The summed E-state index contributed by atoms with van der Waals surface area (Å²) in [6.45, 7) is 7.49. The number of ether oxygens (including phenoxy) is 2. The van der Waals surface area contributed by atoms with Crippen LogP contribution in [0.4, 0.5) is 4.79 Å². The highest BCUT2D eigenvalue weighted by atomic mass is 32.2. The first-order valence-electron chi connectivity index (χ1n) is 9.02. The van der Waals surface area contributed by atoms with Gasteiger partial charge in [0.1, 0.15) is 11.0 Å². The van der Waals surface area contributed by atoms with Crippen LogP contribution in [-0.4, -0.2) is 40.2 Å². The van der Waals surface area contributed by atoms with Crippen molar-refractivity contribution in [3.8, 4) is 0 Å². The van der Waals surface area contributed by atoms with Gasteiger partial charge >= 0.3 is 12.1 Å². The Labute approximate surface area is 164 Å². The number of thioether (sulfide) groups is 1. The molecule has 1 saturated heterocycles. The number of hydrogen-bond donors (Lipinski definition) is 0. The minimum absolute atomic E-state index is 0.315. The Morgan fingerprint density at radius 1 is 1.15 bits per heavy atom. The molecule has 2 aromatic carbocycles. The molecule has 2 aromatic rings. The van der Waals surface area contributed by atoms with Gasteiger partial charge in [-0.05, 0) is 43.2 Å². The van der Waals surface area contributed by atoms with Crippen molar-refractivity contribution < 1.29 is 19.1 Å². The van der Waals surface area contributed by atoms with E-state index in [4.69, 9.17) is 9.47 Å². The van der Waals surface area contributed by atoms with Gasteiger partial charge in [-0.2, -0.15) is 0 Å². The second-order valence-electron chi connectivity index (χ2n) is 7.57. The fourth-order valence-electron chi connectivity index (χ4n) is 3.11. The number of carbonyl (C=O) groups excluding carboxylic acids is 2. The number of hydrogen-bond acceptors (Lipinski definition) is 5. The van der Waals surface area contributed by atoms with Crippen molar-refractivity contribution in [1.29, 1.82) is 0 Å². The van der Waals surface area contributed by atoms with E-state index < -0.39 is 11.7 Å². The molecule has 0 saturated carbocycles. The Hall–Kier alpha value is -2.21. The molecule has 1 fully saturated rings. The molecule has 0 spiro atoms. The number of benzene rings is 2. The normalized spacial score (nSPS) is 18.4. The van der Waals surface area contributed by atoms with Crippen molar-refractivity contribution in [2.75, 3.05) is 12.3 Å². The molecule has 0 aromatic heterocycles. The second kappa shape index (κ2) is 7.80. The molecule has 0 aliphatic carbocycles. The molecule has 27 heavy (non-hydrogen) atoms. The average Bonchev–Trinajstić information content (AvgIpc) is 3.07. The van der Waals surface area contributed by atoms with Crippen molar-refractivity contribution in [2.24, 2.45) is 0 Å². The lowest BCUT2D eigenvalue weighted by Crippen LogP contribution is -2.42. The Bertz CT molecular complexity index is 845. The van der Waals surface area contributed by atoms with Crippen molar-refractivity contribution in [2.45, 2.75) is 44.8 Å². The summed E-state index contributed by atoms with van der Waals surface area (Å²) in [6, 6.07) is 14.0. The fraction of sp³-hybridized carbons (Fsp3) is 0.429. The van der Waals surface area contributed by atoms with Gasteiger partial charge in [-0.15, -0.1) is 11.8 Å². The van der Waals surface area contributed by atoms with Gasteiger partial charge in [-0.1, -0.05) is 36.4 Å². The number of fused-ring (bicyclic) bond motifs is 1. The number of rotatable bonds is 3. The maximum absolute atomic E-state index is 12.7. The van der Waals surface area contributed by atoms with E-state index in [2.05, 4.69) is 0 Å². The van der Waals surface area contributed by atoms with Gasteiger partial charge < -0.3 is 9.47 Å². The predicted molar refractivity (Wildman–Crippen MR) is 108 cm³/mol. The molecule has 5 nitrogen and oxygen atoms in total. The maximum atomic E-state index is 12.7.